The molecular weight excluding hydrogens is 287 g/mol. The minimum absolute atomic E-state index is 0.609. The van der Waals surface area contributed by atoms with Crippen molar-refractivity contribution in [3.63, 3.8) is 0 Å². The number of alkyl halides is 3. The van der Waals surface area contributed by atoms with Crippen LogP contribution in [-0.4, -0.2) is 45.0 Å². The van der Waals surface area contributed by atoms with Crippen molar-refractivity contribution in [1.82, 2.24) is 14.7 Å². The molecule has 120 valence electrons. The molecule has 0 spiro atoms. The maximum atomic E-state index is 12.6. The Morgan fingerprint density at radius 2 is 2.00 bits per heavy atom. The van der Waals surface area contributed by atoms with Crippen molar-refractivity contribution >= 4 is 5.97 Å². The summed E-state index contributed by atoms with van der Waals surface area (Å²) < 4.78 is 39.6. The molecule has 1 aromatic rings. The molecule has 0 aliphatic rings. The van der Waals surface area contributed by atoms with E-state index in [9.17, 15) is 18.0 Å². The van der Waals surface area contributed by atoms with Crippen LogP contribution in [0.1, 0.15) is 36.8 Å². The van der Waals surface area contributed by atoms with E-state index in [0.29, 0.717) is 17.8 Å². The molecule has 0 saturated carbocycles. The predicted octanol–water partition coefficient (Wildman–Crippen LogP) is 2.53. The third kappa shape index (κ3) is 4.45. The van der Waals surface area contributed by atoms with Gasteiger partial charge in [0.1, 0.15) is 0 Å². The second kappa shape index (κ2) is 6.46. The van der Waals surface area contributed by atoms with E-state index < -0.39 is 31.3 Å². The summed E-state index contributed by atoms with van der Waals surface area (Å²) in [5.41, 5.74) is 2.04. The molecule has 8 heteroatoms. The van der Waals surface area contributed by atoms with Crippen LogP contribution in [0.25, 0.3) is 0 Å². The van der Waals surface area contributed by atoms with Crippen molar-refractivity contribution in [3.8, 4) is 0 Å². The first-order valence-corrected chi connectivity index (χ1v) is 6.63. The highest BCUT2D eigenvalue weighted by Crippen LogP contribution is 2.29. The Bertz CT molecular complexity index is 511. The Morgan fingerprint density at radius 3 is 2.38 bits per heavy atom. The first-order valence-electron chi connectivity index (χ1n) is 6.63. The van der Waals surface area contributed by atoms with Gasteiger partial charge in [-0.15, -0.1) is 0 Å². The first kappa shape index (κ1) is 17.5. The van der Waals surface area contributed by atoms with Crippen LogP contribution < -0.4 is 0 Å². The van der Waals surface area contributed by atoms with Gasteiger partial charge in [-0.2, -0.15) is 18.3 Å². The molecule has 1 atom stereocenters. The summed E-state index contributed by atoms with van der Waals surface area (Å²) in [7, 11) is 0. The first-order chi connectivity index (χ1) is 9.56. The van der Waals surface area contributed by atoms with Crippen LogP contribution in [0.2, 0.25) is 0 Å². The fraction of sp³-hybridized carbons (Fsp3) is 0.692. The van der Waals surface area contributed by atoms with Crippen LogP contribution in [0.4, 0.5) is 13.2 Å². The fourth-order valence-corrected chi connectivity index (χ4v) is 2.54. The normalized spacial score (nSPS) is 13.7. The topological polar surface area (TPSA) is 58.4 Å². The number of aryl methyl sites for hydroxylation is 2. The molecule has 1 aromatic heterocycles. The molecule has 0 fully saturated rings. The molecule has 1 heterocycles. The summed E-state index contributed by atoms with van der Waals surface area (Å²) in [6.07, 6.45) is -4.45. The molecule has 5 nitrogen and oxygen atoms in total. The Kier molecular flexibility index (Phi) is 5.38. The van der Waals surface area contributed by atoms with Crippen molar-refractivity contribution in [2.24, 2.45) is 0 Å². The molecule has 1 unspecified atom stereocenters. The van der Waals surface area contributed by atoms with Gasteiger partial charge in [-0.3, -0.25) is 14.4 Å². The Labute approximate surface area is 121 Å². The molecule has 21 heavy (non-hydrogen) atoms. The van der Waals surface area contributed by atoms with Crippen LogP contribution in [0.15, 0.2) is 0 Å². The SMILES string of the molecule is CCn1nc(C)c(C(C)N(CC(=O)O)CC(F)(F)F)c1C. The lowest BCUT2D eigenvalue weighted by atomic mass is 10.0. The lowest BCUT2D eigenvalue weighted by Crippen LogP contribution is -2.39. The highest BCUT2D eigenvalue weighted by atomic mass is 19.4. The number of carboxylic acids is 1. The van der Waals surface area contributed by atoms with E-state index in [1.165, 1.54) is 0 Å². The molecule has 0 aromatic carbocycles. The van der Waals surface area contributed by atoms with Crippen molar-refractivity contribution < 1.29 is 23.1 Å². The zero-order valence-electron chi connectivity index (χ0n) is 12.5. The highest BCUT2D eigenvalue weighted by Gasteiger charge is 2.35. The molecule has 0 radical (unpaired) electrons. The quantitative estimate of drug-likeness (QED) is 0.877. The number of nitrogens with zero attached hydrogens (tertiary/aromatic N) is 3. The van der Waals surface area contributed by atoms with E-state index in [-0.39, 0.29) is 0 Å². The maximum Gasteiger partial charge on any atom is 0.401 e. The van der Waals surface area contributed by atoms with Gasteiger partial charge in [0.05, 0.1) is 18.8 Å². The predicted molar refractivity (Wildman–Crippen MR) is 71.1 cm³/mol. The van der Waals surface area contributed by atoms with Crippen LogP contribution >= 0.6 is 0 Å². The standard InChI is InChI=1S/C13H20F3N3O2/c1-5-19-10(4)12(8(2)17-19)9(3)18(6-11(20)21)7-13(14,15)16/h9H,5-7H2,1-4H3,(H,20,21). The van der Waals surface area contributed by atoms with Gasteiger partial charge in [-0.05, 0) is 27.7 Å². The number of aromatic nitrogens is 2. The smallest absolute Gasteiger partial charge is 0.401 e. The van der Waals surface area contributed by atoms with Gasteiger partial charge in [0.2, 0.25) is 0 Å². The van der Waals surface area contributed by atoms with Crippen LogP contribution in [0, 0.1) is 13.8 Å². The Morgan fingerprint density at radius 1 is 1.43 bits per heavy atom. The van der Waals surface area contributed by atoms with E-state index >= 15 is 0 Å². The van der Waals surface area contributed by atoms with Crippen LogP contribution in [0.3, 0.4) is 0 Å². The lowest BCUT2D eigenvalue weighted by Gasteiger charge is -2.28. The molecule has 1 rings (SSSR count). The van der Waals surface area contributed by atoms with E-state index in [0.717, 1.165) is 10.6 Å². The number of hydrogen-bond donors (Lipinski definition) is 1. The molecule has 0 bridgehead atoms. The largest absolute Gasteiger partial charge is 0.480 e. The third-order valence-electron chi connectivity index (χ3n) is 3.42. The number of rotatable bonds is 6. The molecule has 0 amide bonds. The van der Waals surface area contributed by atoms with Crippen molar-refractivity contribution in [2.75, 3.05) is 13.1 Å². The van der Waals surface area contributed by atoms with Gasteiger partial charge in [0.25, 0.3) is 0 Å². The van der Waals surface area contributed by atoms with Gasteiger partial charge in [-0.25, -0.2) is 0 Å². The number of aliphatic carboxylic acids is 1. The van der Waals surface area contributed by atoms with Crippen molar-refractivity contribution in [1.29, 1.82) is 0 Å². The van der Waals surface area contributed by atoms with Gasteiger partial charge in [0.15, 0.2) is 0 Å². The van der Waals surface area contributed by atoms with E-state index in [1.54, 1.807) is 25.5 Å². The van der Waals surface area contributed by atoms with E-state index in [2.05, 4.69) is 5.10 Å². The van der Waals surface area contributed by atoms with E-state index in [1.807, 2.05) is 6.92 Å². The minimum Gasteiger partial charge on any atom is -0.480 e. The highest BCUT2D eigenvalue weighted by molar-refractivity contribution is 5.69. The summed E-state index contributed by atoms with van der Waals surface area (Å²) in [5.74, 6) is -1.29. The van der Waals surface area contributed by atoms with Crippen LogP contribution in [0.5, 0.6) is 0 Å². The summed E-state index contributed by atoms with van der Waals surface area (Å²) >= 11 is 0. The summed E-state index contributed by atoms with van der Waals surface area (Å²) in [5, 5.41) is 13.1. The molecule has 0 aliphatic heterocycles. The number of hydrogen-bond acceptors (Lipinski definition) is 3. The molecular formula is C13H20F3N3O2. The van der Waals surface area contributed by atoms with Crippen molar-refractivity contribution in [3.05, 3.63) is 17.0 Å². The average Bonchev–Trinajstić information content (AvgIpc) is 2.60. The number of carbonyl (C=O) groups is 1. The monoisotopic (exact) mass is 307 g/mol. The van der Waals surface area contributed by atoms with Gasteiger partial charge < -0.3 is 5.11 Å². The average molecular weight is 307 g/mol. The zero-order chi connectivity index (χ0) is 16.4. The fourth-order valence-electron chi connectivity index (χ4n) is 2.54. The minimum atomic E-state index is -4.45. The molecule has 0 aliphatic carbocycles. The second-order valence-corrected chi connectivity index (χ2v) is 4.99. The Hall–Kier alpha value is -1.57. The maximum absolute atomic E-state index is 12.6. The summed E-state index contributed by atoms with van der Waals surface area (Å²) in [4.78, 5) is 11.7. The second-order valence-electron chi connectivity index (χ2n) is 4.99. The van der Waals surface area contributed by atoms with Gasteiger partial charge in [0, 0.05) is 23.8 Å². The third-order valence-corrected chi connectivity index (χ3v) is 3.42. The molecule has 1 N–H and O–H groups in total. The number of carboxylic acid groups (broad SMARTS) is 1. The Balaban J connectivity index is 3.13. The summed E-state index contributed by atoms with van der Waals surface area (Å²) in [6.45, 7) is 5.63. The van der Waals surface area contributed by atoms with Gasteiger partial charge >= 0.3 is 12.1 Å². The number of halogens is 3. The van der Waals surface area contributed by atoms with Crippen molar-refractivity contribution in [2.45, 2.75) is 46.5 Å². The zero-order valence-corrected chi connectivity index (χ0v) is 12.5. The molecule has 0 saturated heterocycles. The van der Waals surface area contributed by atoms with Crippen LogP contribution in [-0.2, 0) is 11.3 Å². The van der Waals surface area contributed by atoms with Gasteiger partial charge in [-0.1, -0.05) is 0 Å². The van der Waals surface area contributed by atoms with E-state index in [4.69, 9.17) is 5.11 Å². The lowest BCUT2D eigenvalue weighted by molar-refractivity contribution is -0.158. The summed E-state index contributed by atoms with van der Waals surface area (Å²) in [6, 6.07) is -0.678.